The molecule has 16 heteroatoms. The quantitative estimate of drug-likeness (QED) is 0.0693. The fourth-order valence-electron chi connectivity index (χ4n) is 8.19. The summed E-state index contributed by atoms with van der Waals surface area (Å²) >= 11 is 12.5. The lowest BCUT2D eigenvalue weighted by atomic mass is 9.97. The zero-order chi connectivity index (χ0) is 41.8. The van der Waals surface area contributed by atoms with E-state index >= 15 is 0 Å². The summed E-state index contributed by atoms with van der Waals surface area (Å²) in [5.74, 6) is -1.93. The number of nitrogen functional groups attached to an aromatic ring is 1. The van der Waals surface area contributed by atoms with Gasteiger partial charge in [0, 0.05) is 60.0 Å². The molecule has 2 aromatic carbocycles. The number of hydrogen-bond donors (Lipinski definition) is 2. The highest BCUT2D eigenvalue weighted by Gasteiger charge is 2.45. The molecule has 3 aliphatic rings. The minimum Gasteiger partial charge on any atom is -0.482 e. The molecule has 2 saturated heterocycles. The van der Waals surface area contributed by atoms with Crippen LogP contribution in [0.5, 0.6) is 5.75 Å². The van der Waals surface area contributed by atoms with Gasteiger partial charge in [0.2, 0.25) is 17.7 Å². The molecule has 2 atom stereocenters. The molecule has 7 rings (SSSR count). The minimum atomic E-state index is -0.978. The molecule has 4 aromatic rings. The molecular formula is C43H46Cl2FN7O6. The summed E-state index contributed by atoms with van der Waals surface area (Å²) in [6.07, 6.45) is 13.1. The Labute approximate surface area is 351 Å². The van der Waals surface area contributed by atoms with Crippen molar-refractivity contribution in [3.8, 4) is 16.9 Å². The van der Waals surface area contributed by atoms with E-state index in [1.165, 1.54) is 12.1 Å². The van der Waals surface area contributed by atoms with Gasteiger partial charge in [0.15, 0.2) is 11.6 Å². The van der Waals surface area contributed by atoms with Crippen molar-refractivity contribution in [1.29, 1.82) is 0 Å². The van der Waals surface area contributed by atoms with Crippen LogP contribution < -0.4 is 15.8 Å². The number of imide groups is 2. The van der Waals surface area contributed by atoms with Crippen molar-refractivity contribution < 1.29 is 33.1 Å². The van der Waals surface area contributed by atoms with E-state index in [4.69, 9.17) is 33.7 Å². The van der Waals surface area contributed by atoms with Gasteiger partial charge in [0.25, 0.3) is 11.8 Å². The Morgan fingerprint density at radius 3 is 2.47 bits per heavy atom. The number of amides is 5. The average Bonchev–Trinajstić information content (AvgIpc) is 3.81. The summed E-state index contributed by atoms with van der Waals surface area (Å²) in [6.45, 7) is 3.02. The van der Waals surface area contributed by atoms with E-state index in [1.807, 2.05) is 21.8 Å². The minimum absolute atomic E-state index is 0.0836. The second-order valence-corrected chi connectivity index (χ2v) is 16.1. The van der Waals surface area contributed by atoms with Crippen LogP contribution in [0.25, 0.3) is 11.1 Å². The highest BCUT2D eigenvalue weighted by atomic mass is 35.5. The predicted octanol–water partition coefficient (Wildman–Crippen LogP) is 7.65. The molecule has 59 heavy (non-hydrogen) atoms. The number of likely N-dealkylation sites (tertiary alicyclic amines) is 1. The molecule has 0 bridgehead atoms. The van der Waals surface area contributed by atoms with Crippen LogP contribution in [-0.2, 0) is 20.8 Å². The summed E-state index contributed by atoms with van der Waals surface area (Å²) in [4.78, 5) is 70.8. The molecule has 3 N–H and O–H groups in total. The van der Waals surface area contributed by atoms with Crippen molar-refractivity contribution in [2.45, 2.75) is 102 Å². The number of carbonyl (C=O) groups excluding carboxylic acids is 5. The number of benzene rings is 2. The first-order valence-electron chi connectivity index (χ1n) is 20.1. The predicted molar refractivity (Wildman–Crippen MR) is 219 cm³/mol. The number of anilines is 1. The Hall–Kier alpha value is -5.34. The summed E-state index contributed by atoms with van der Waals surface area (Å²) in [6, 6.07) is 8.79. The number of nitrogens with one attached hydrogen (secondary N) is 1. The molecule has 0 spiro atoms. The lowest BCUT2D eigenvalue weighted by Crippen LogP contribution is -2.54. The number of halogens is 3. The van der Waals surface area contributed by atoms with Crippen LogP contribution in [0.15, 0.2) is 55.0 Å². The maximum absolute atomic E-state index is 14.1. The SMILES string of the molecule is CC(Oc1cc(-c2cnn(C3CCN(C(=O)CCCCCCCCc4cccc5c4C(=O)N(C4CCC(=O)NC4=O)C5=O)CC3)c2)cnc1N)c1c(Cl)ccc(F)c1Cl. The van der Waals surface area contributed by atoms with E-state index in [1.54, 1.807) is 37.5 Å². The van der Waals surface area contributed by atoms with Crippen molar-refractivity contribution in [3.63, 3.8) is 0 Å². The van der Waals surface area contributed by atoms with E-state index in [0.29, 0.717) is 48.4 Å². The first kappa shape index (κ1) is 41.8. The highest BCUT2D eigenvalue weighted by molar-refractivity contribution is 6.36. The van der Waals surface area contributed by atoms with Gasteiger partial charge in [0.05, 0.1) is 28.4 Å². The molecule has 0 aliphatic carbocycles. The molecule has 2 aromatic heterocycles. The number of hydrogen-bond acceptors (Lipinski definition) is 9. The molecule has 13 nitrogen and oxygen atoms in total. The lowest BCUT2D eigenvalue weighted by Gasteiger charge is -2.32. The molecule has 5 heterocycles. The number of nitrogens with zero attached hydrogens (tertiary/aromatic N) is 5. The number of ether oxygens (including phenoxy) is 1. The zero-order valence-corrected chi connectivity index (χ0v) is 34.2. The number of carbonyl (C=O) groups is 5. The van der Waals surface area contributed by atoms with Crippen LogP contribution in [-0.4, -0.2) is 73.2 Å². The lowest BCUT2D eigenvalue weighted by molar-refractivity contribution is -0.136. The number of rotatable bonds is 15. The van der Waals surface area contributed by atoms with E-state index in [-0.39, 0.29) is 40.7 Å². The summed E-state index contributed by atoms with van der Waals surface area (Å²) in [5, 5.41) is 7.02. The molecule has 5 amide bonds. The van der Waals surface area contributed by atoms with Crippen molar-refractivity contribution >= 4 is 58.6 Å². The fraction of sp³-hybridized carbons (Fsp3) is 0.419. The van der Waals surface area contributed by atoms with Gasteiger partial charge >= 0.3 is 0 Å². The molecule has 0 saturated carbocycles. The third kappa shape index (κ3) is 9.13. The Morgan fingerprint density at radius 1 is 0.966 bits per heavy atom. The van der Waals surface area contributed by atoms with E-state index in [0.717, 1.165) is 73.0 Å². The largest absolute Gasteiger partial charge is 0.482 e. The first-order valence-corrected chi connectivity index (χ1v) is 20.9. The van der Waals surface area contributed by atoms with Gasteiger partial charge < -0.3 is 15.4 Å². The van der Waals surface area contributed by atoms with Crippen LogP contribution in [0.3, 0.4) is 0 Å². The second-order valence-electron chi connectivity index (χ2n) is 15.4. The molecule has 3 aliphatic heterocycles. The molecule has 2 fully saturated rings. The number of unbranched alkanes of at least 4 members (excludes halogenated alkanes) is 5. The zero-order valence-electron chi connectivity index (χ0n) is 32.7. The van der Waals surface area contributed by atoms with E-state index in [2.05, 4.69) is 15.4 Å². The molecule has 310 valence electrons. The fourth-order valence-corrected chi connectivity index (χ4v) is 8.87. The van der Waals surface area contributed by atoms with Gasteiger partial charge in [-0.05, 0) is 75.3 Å². The van der Waals surface area contributed by atoms with Crippen molar-refractivity contribution in [1.82, 2.24) is 29.9 Å². The van der Waals surface area contributed by atoms with Crippen LogP contribution in [0.4, 0.5) is 10.2 Å². The number of fused-ring (bicyclic) bond motifs is 1. The summed E-state index contributed by atoms with van der Waals surface area (Å²) in [7, 11) is 0. The second kappa shape index (κ2) is 18.3. The Bertz CT molecular complexity index is 2280. The Kier molecular flexibility index (Phi) is 13.0. The topological polar surface area (TPSA) is 170 Å². The van der Waals surface area contributed by atoms with Crippen LogP contribution >= 0.6 is 23.2 Å². The molecule has 0 radical (unpaired) electrons. The van der Waals surface area contributed by atoms with Crippen molar-refractivity contribution in [2.75, 3.05) is 18.8 Å². The van der Waals surface area contributed by atoms with Gasteiger partial charge in [-0.1, -0.05) is 61.0 Å². The Balaban J connectivity index is 0.811. The summed E-state index contributed by atoms with van der Waals surface area (Å²) in [5.41, 5.74) is 9.48. The number of pyridine rings is 1. The van der Waals surface area contributed by atoms with Gasteiger partial charge in [0.1, 0.15) is 18.0 Å². The number of piperidine rings is 2. The van der Waals surface area contributed by atoms with Crippen LogP contribution in [0, 0.1) is 5.82 Å². The average molecular weight is 847 g/mol. The monoisotopic (exact) mass is 845 g/mol. The molecular weight excluding hydrogens is 800 g/mol. The highest BCUT2D eigenvalue weighted by Crippen LogP contribution is 2.37. The number of aryl methyl sites for hydroxylation is 1. The third-order valence-electron chi connectivity index (χ3n) is 11.4. The maximum Gasteiger partial charge on any atom is 0.262 e. The van der Waals surface area contributed by atoms with Gasteiger partial charge in [-0.25, -0.2) is 9.37 Å². The van der Waals surface area contributed by atoms with E-state index in [9.17, 15) is 28.4 Å². The van der Waals surface area contributed by atoms with E-state index < -0.39 is 41.6 Å². The molecule has 2 unspecified atom stereocenters. The van der Waals surface area contributed by atoms with Gasteiger partial charge in [-0.15, -0.1) is 0 Å². The summed E-state index contributed by atoms with van der Waals surface area (Å²) < 4.78 is 22.1. The maximum atomic E-state index is 14.1. The van der Waals surface area contributed by atoms with Crippen LogP contribution in [0.2, 0.25) is 10.0 Å². The number of nitrogens with two attached hydrogens (primary N) is 1. The van der Waals surface area contributed by atoms with Crippen LogP contribution in [0.1, 0.15) is 122 Å². The standard InChI is InChI=1S/C43H46Cl2FN7O6/c1-25(37-31(44)13-14-32(46)39(37)45)59-34-21-27(22-48-40(34)47)28-23-49-52(24-28)29-17-19-51(20-18-29)36(55)12-7-5-3-2-4-6-9-26-10-8-11-30-38(26)43(58)53(42(30)57)33-15-16-35(54)50-41(33)56/h8,10-11,13-14,21-25,29,33H,2-7,9,12,15-20H2,1H3,(H2,47,48)(H,50,54,56). The van der Waals surface area contributed by atoms with Crippen molar-refractivity contribution in [3.05, 3.63) is 93.1 Å². The third-order valence-corrected chi connectivity index (χ3v) is 12.2. The van der Waals surface area contributed by atoms with Crippen molar-refractivity contribution in [2.24, 2.45) is 0 Å². The Morgan fingerprint density at radius 2 is 1.71 bits per heavy atom. The normalized spacial score (nSPS) is 17.7. The van der Waals surface area contributed by atoms with Gasteiger partial charge in [-0.2, -0.15) is 5.10 Å². The number of aromatic nitrogens is 3. The first-order chi connectivity index (χ1) is 28.4. The smallest absolute Gasteiger partial charge is 0.262 e. The van der Waals surface area contributed by atoms with Gasteiger partial charge in [-0.3, -0.25) is 38.9 Å².